The van der Waals surface area contributed by atoms with Gasteiger partial charge in [0.2, 0.25) is 5.91 Å². The molecule has 0 saturated carbocycles. The van der Waals surface area contributed by atoms with Crippen LogP contribution in [-0.2, 0) is 21.0 Å². The molecule has 3 aromatic carbocycles. The lowest BCUT2D eigenvalue weighted by atomic mass is 9.90. The third-order valence-corrected chi connectivity index (χ3v) is 6.92. The van der Waals surface area contributed by atoms with Gasteiger partial charge in [-0.3, -0.25) is 19.3 Å². The largest absolute Gasteiger partial charge is 0.275 e. The summed E-state index contributed by atoms with van der Waals surface area (Å²) >= 11 is 7.72. The zero-order valence-corrected chi connectivity index (χ0v) is 18.9. The number of thioether (sulfide) groups is 1. The molecule has 0 bridgehead atoms. The van der Waals surface area contributed by atoms with Gasteiger partial charge in [-0.15, -0.1) is 11.8 Å². The molecule has 2 amide bonds. The summed E-state index contributed by atoms with van der Waals surface area (Å²) in [7, 11) is 0. The Hall–Kier alpha value is -2.80. The van der Waals surface area contributed by atoms with E-state index in [1.165, 1.54) is 4.90 Å². The number of anilines is 1. The average Bonchev–Trinajstić information content (AvgIpc) is 3.32. The van der Waals surface area contributed by atoms with Crippen molar-refractivity contribution in [3.63, 3.8) is 0 Å². The Bertz CT molecular complexity index is 1140. The number of rotatable bonds is 5. The molecule has 5 nitrogen and oxygen atoms in total. The first-order valence-corrected chi connectivity index (χ1v) is 11.9. The van der Waals surface area contributed by atoms with Crippen LogP contribution in [0.2, 0.25) is 5.02 Å². The molecule has 0 aromatic heterocycles. The van der Waals surface area contributed by atoms with Crippen LogP contribution in [-0.4, -0.2) is 29.1 Å². The van der Waals surface area contributed by atoms with E-state index in [1.807, 2.05) is 73.0 Å². The molecule has 7 heteroatoms. The highest BCUT2D eigenvalue weighted by molar-refractivity contribution is 7.98. The van der Waals surface area contributed by atoms with Crippen molar-refractivity contribution in [1.82, 2.24) is 4.90 Å². The van der Waals surface area contributed by atoms with Crippen molar-refractivity contribution < 1.29 is 14.4 Å². The Morgan fingerprint density at radius 1 is 0.906 bits per heavy atom. The van der Waals surface area contributed by atoms with Gasteiger partial charge in [-0.05, 0) is 53.8 Å². The predicted octanol–water partition coefficient (Wildman–Crippen LogP) is 5.11. The normalized spacial score (nSPS) is 22.5. The second kappa shape index (κ2) is 8.62. The maximum atomic E-state index is 13.5. The molecular formula is C25H21ClN2O3S. The molecule has 2 aliphatic rings. The van der Waals surface area contributed by atoms with Gasteiger partial charge >= 0.3 is 0 Å². The molecule has 2 heterocycles. The van der Waals surface area contributed by atoms with Crippen molar-refractivity contribution in [3.05, 3.63) is 95.0 Å². The number of carbonyl (C=O) groups excluding carboxylic acids is 2. The number of imide groups is 1. The van der Waals surface area contributed by atoms with E-state index in [2.05, 4.69) is 0 Å². The van der Waals surface area contributed by atoms with Crippen molar-refractivity contribution in [1.29, 1.82) is 0 Å². The van der Waals surface area contributed by atoms with Gasteiger partial charge < -0.3 is 0 Å². The topological polar surface area (TPSA) is 49.9 Å². The fraction of sp³-hybridized carbons (Fsp3) is 0.200. The number of carbonyl (C=O) groups is 2. The Labute approximate surface area is 195 Å². The van der Waals surface area contributed by atoms with Crippen molar-refractivity contribution in [3.8, 4) is 0 Å². The van der Waals surface area contributed by atoms with Gasteiger partial charge in [0.05, 0.1) is 18.3 Å². The Balaban J connectivity index is 1.52. The Morgan fingerprint density at radius 2 is 1.59 bits per heavy atom. The van der Waals surface area contributed by atoms with Gasteiger partial charge in [0.1, 0.15) is 5.92 Å². The molecule has 32 heavy (non-hydrogen) atoms. The minimum Gasteiger partial charge on any atom is -0.275 e. The van der Waals surface area contributed by atoms with Gasteiger partial charge in [-0.25, -0.2) is 5.06 Å². The van der Waals surface area contributed by atoms with E-state index in [4.69, 9.17) is 16.4 Å². The molecule has 5 rings (SSSR count). The molecule has 0 radical (unpaired) electrons. The summed E-state index contributed by atoms with van der Waals surface area (Å²) in [5, 5.41) is 2.30. The van der Waals surface area contributed by atoms with Crippen molar-refractivity contribution in [2.75, 3.05) is 11.3 Å². The highest BCUT2D eigenvalue weighted by Crippen LogP contribution is 2.47. The van der Waals surface area contributed by atoms with Gasteiger partial charge in [-0.1, -0.05) is 54.1 Å². The molecule has 2 aliphatic heterocycles. The van der Waals surface area contributed by atoms with Crippen LogP contribution in [0.4, 0.5) is 5.69 Å². The molecule has 0 N–H and O–H groups in total. The second-order valence-electron chi connectivity index (χ2n) is 7.82. The minimum atomic E-state index is -0.855. The van der Waals surface area contributed by atoms with E-state index in [1.54, 1.807) is 29.0 Å². The Morgan fingerprint density at radius 3 is 2.25 bits per heavy atom. The number of amides is 2. The van der Waals surface area contributed by atoms with Crippen molar-refractivity contribution in [2.24, 2.45) is 5.92 Å². The van der Waals surface area contributed by atoms with E-state index in [-0.39, 0.29) is 18.4 Å². The number of likely N-dealkylation sites (tertiary alicyclic amines) is 1. The number of benzene rings is 3. The van der Waals surface area contributed by atoms with Crippen molar-refractivity contribution >= 4 is 40.9 Å². The first-order valence-electron chi connectivity index (χ1n) is 10.3. The summed E-state index contributed by atoms with van der Waals surface area (Å²) < 4.78 is 0. The van der Waals surface area contributed by atoms with Crippen LogP contribution in [0.1, 0.15) is 17.2 Å². The molecule has 2 fully saturated rings. The van der Waals surface area contributed by atoms with Gasteiger partial charge in [0.25, 0.3) is 5.91 Å². The average molecular weight is 465 g/mol. The van der Waals surface area contributed by atoms with Crippen LogP contribution >= 0.6 is 23.4 Å². The van der Waals surface area contributed by atoms with E-state index < -0.39 is 18.1 Å². The third-order valence-electron chi connectivity index (χ3n) is 5.93. The van der Waals surface area contributed by atoms with Gasteiger partial charge in [0.15, 0.2) is 6.10 Å². The van der Waals surface area contributed by atoms with Crippen LogP contribution in [0, 0.1) is 5.92 Å². The van der Waals surface area contributed by atoms with Gasteiger partial charge in [0, 0.05) is 9.92 Å². The lowest BCUT2D eigenvalue weighted by Gasteiger charge is -2.29. The van der Waals surface area contributed by atoms with Crippen LogP contribution in [0.3, 0.4) is 0 Å². The number of halogens is 1. The first kappa shape index (κ1) is 21.1. The zero-order chi connectivity index (χ0) is 22.2. The van der Waals surface area contributed by atoms with Crippen LogP contribution in [0.15, 0.2) is 83.8 Å². The lowest BCUT2D eigenvalue weighted by Crippen LogP contribution is -2.36. The maximum Gasteiger partial charge on any atom is 0.262 e. The molecular weight excluding hydrogens is 444 g/mol. The number of fused-ring (bicyclic) bond motifs is 1. The van der Waals surface area contributed by atoms with E-state index >= 15 is 0 Å². The van der Waals surface area contributed by atoms with Gasteiger partial charge in [-0.2, -0.15) is 0 Å². The monoisotopic (exact) mass is 464 g/mol. The number of nitrogens with zero attached hydrogens (tertiary/aromatic N) is 2. The molecule has 162 valence electrons. The first-order chi connectivity index (χ1) is 15.6. The quantitative estimate of drug-likeness (QED) is 0.388. The lowest BCUT2D eigenvalue weighted by molar-refractivity contribution is -0.143. The molecule has 0 spiro atoms. The summed E-state index contributed by atoms with van der Waals surface area (Å²) in [5.41, 5.74) is 2.58. The second-order valence-corrected chi connectivity index (χ2v) is 9.14. The summed E-state index contributed by atoms with van der Waals surface area (Å²) in [4.78, 5) is 35.4. The van der Waals surface area contributed by atoms with Crippen molar-refractivity contribution in [2.45, 2.75) is 23.6 Å². The molecule has 0 unspecified atom stereocenters. The predicted molar refractivity (Wildman–Crippen MR) is 125 cm³/mol. The fourth-order valence-electron chi connectivity index (χ4n) is 4.35. The third kappa shape index (κ3) is 3.68. The fourth-order valence-corrected chi connectivity index (χ4v) is 4.88. The van der Waals surface area contributed by atoms with Crippen LogP contribution < -0.4 is 5.06 Å². The summed E-state index contributed by atoms with van der Waals surface area (Å²) in [6, 6.07) is 24.4. The summed E-state index contributed by atoms with van der Waals surface area (Å²) in [6.45, 7) is 0.244. The number of hydroxylamine groups is 1. The summed E-state index contributed by atoms with van der Waals surface area (Å²) in [5.74, 6) is -1.13. The molecule has 0 aliphatic carbocycles. The smallest absolute Gasteiger partial charge is 0.262 e. The maximum absolute atomic E-state index is 13.5. The van der Waals surface area contributed by atoms with Crippen LogP contribution in [0.25, 0.3) is 0 Å². The highest BCUT2D eigenvalue weighted by Gasteiger charge is 2.59. The molecule has 3 atom stereocenters. The Kier molecular flexibility index (Phi) is 5.67. The van der Waals surface area contributed by atoms with E-state index in [0.717, 1.165) is 21.7 Å². The SMILES string of the molecule is CSc1ccc([C@@H]2[C@H]3C(=O)N(Cc4ccccc4)C(=O)[C@H]3ON2c2ccc(Cl)cc2)cc1. The van der Waals surface area contributed by atoms with E-state index in [9.17, 15) is 9.59 Å². The highest BCUT2D eigenvalue weighted by atomic mass is 35.5. The minimum absolute atomic E-state index is 0.209. The number of hydrogen-bond acceptors (Lipinski definition) is 5. The zero-order valence-electron chi connectivity index (χ0n) is 17.4. The van der Waals surface area contributed by atoms with Crippen LogP contribution in [0.5, 0.6) is 0 Å². The number of hydrogen-bond donors (Lipinski definition) is 0. The summed E-state index contributed by atoms with van der Waals surface area (Å²) in [6.07, 6.45) is 1.16. The van der Waals surface area contributed by atoms with E-state index in [0.29, 0.717) is 5.02 Å². The standard InChI is InChI=1S/C25H21ClN2O3S/c1-32-20-13-7-17(8-14-20)22-21-23(31-28(22)19-11-9-18(26)10-12-19)25(30)27(24(21)29)15-16-5-3-2-4-6-16/h2-14,21-23H,15H2,1H3/t21-,22-,23+/m1/s1. The molecule has 2 saturated heterocycles. The molecule has 3 aromatic rings.